The Morgan fingerprint density at radius 1 is 1.09 bits per heavy atom. The molecule has 3 aromatic rings. The Hall–Kier alpha value is -3.44. The first-order valence-corrected chi connectivity index (χ1v) is 14.7. The first-order chi connectivity index (χ1) is 21.8. The summed E-state index contributed by atoms with van der Waals surface area (Å²) in [5, 5.41) is 14.2. The number of benzene rings is 1. The molecule has 1 aliphatic carbocycles. The second-order valence-corrected chi connectivity index (χ2v) is 11.9. The number of aliphatic hydroxyl groups is 1. The van der Waals surface area contributed by atoms with Crippen molar-refractivity contribution in [1.29, 1.82) is 0 Å². The molecule has 1 aromatic carbocycles. The van der Waals surface area contributed by atoms with Gasteiger partial charge in [0.15, 0.2) is 12.3 Å². The van der Waals surface area contributed by atoms with Gasteiger partial charge in [0.1, 0.15) is 11.4 Å². The molecule has 0 saturated heterocycles. The van der Waals surface area contributed by atoms with Crippen LogP contribution in [0.4, 0.5) is 35.1 Å². The number of carbonyl (C=O) groups excluding carboxylic acids is 2. The molecule has 2 amide bonds. The van der Waals surface area contributed by atoms with Gasteiger partial charge in [-0.1, -0.05) is 29.3 Å². The van der Waals surface area contributed by atoms with Gasteiger partial charge < -0.3 is 25.5 Å². The van der Waals surface area contributed by atoms with E-state index in [9.17, 15) is 49.8 Å². The molecular formula is C28H27Cl2F8N5O4. The number of nitrogens with one attached hydrogen (secondary N) is 3. The molecule has 258 valence electrons. The predicted molar refractivity (Wildman–Crippen MR) is 152 cm³/mol. The van der Waals surface area contributed by atoms with Gasteiger partial charge in [0.2, 0.25) is 11.5 Å². The van der Waals surface area contributed by atoms with Crippen molar-refractivity contribution in [3.63, 3.8) is 0 Å². The van der Waals surface area contributed by atoms with Gasteiger partial charge in [-0.05, 0) is 55.9 Å². The maximum atomic E-state index is 13.1. The molecule has 0 spiro atoms. The number of hydrogen-bond donors (Lipinski definition) is 4. The number of alkyl halides is 8. The van der Waals surface area contributed by atoms with Gasteiger partial charge in [-0.2, -0.15) is 31.3 Å². The standard InChI is InChI=1S/C28H27Cl2F8N5O4/c1-26(46,28(36,37)38)25(45)39-10-12-2-7-17(29)15(21(12)30)9-20-41-18-8-16(24(43-22(18)42-20)47-11-19(31)32)23(44)40-14-5-3-13(4-6-14)27(33,34)35/h2,7-8,13-14,19,46H,3-6,9-11H2,1H3,(H,39,45)(H,40,44)(H,41,42,43). The minimum atomic E-state index is -5.23. The fourth-order valence-corrected chi connectivity index (χ4v) is 5.46. The Labute approximate surface area is 271 Å². The number of carbonyl (C=O) groups is 2. The van der Waals surface area contributed by atoms with Gasteiger partial charge in [-0.15, -0.1) is 0 Å². The molecule has 1 aliphatic rings. The van der Waals surface area contributed by atoms with Crippen molar-refractivity contribution in [3.8, 4) is 5.88 Å². The Bertz CT molecular complexity index is 1620. The molecule has 2 aromatic heterocycles. The van der Waals surface area contributed by atoms with Crippen molar-refractivity contribution in [1.82, 2.24) is 25.6 Å². The fraction of sp³-hybridized carbons (Fsp3) is 0.500. The van der Waals surface area contributed by atoms with Gasteiger partial charge in [0, 0.05) is 24.0 Å². The SMILES string of the molecule is CC(O)(C(=O)NCc1ccc(Cl)c(Cc2nc3nc(OCC(F)F)c(C(=O)NC4CCC(C(F)(F)F)CC4)cc3[nH]2)c1Cl)C(F)(F)F. The number of fused-ring (bicyclic) bond motifs is 1. The van der Waals surface area contributed by atoms with E-state index in [2.05, 4.69) is 20.3 Å². The fourth-order valence-electron chi connectivity index (χ4n) is 4.89. The second-order valence-electron chi connectivity index (χ2n) is 11.1. The number of imidazole rings is 1. The van der Waals surface area contributed by atoms with E-state index in [4.69, 9.17) is 27.9 Å². The number of halogens is 10. The van der Waals surface area contributed by atoms with Gasteiger partial charge in [0.05, 0.1) is 16.5 Å². The van der Waals surface area contributed by atoms with Crippen molar-refractivity contribution in [2.75, 3.05) is 6.61 Å². The van der Waals surface area contributed by atoms with Crippen molar-refractivity contribution in [3.05, 3.63) is 50.8 Å². The van der Waals surface area contributed by atoms with Crippen LogP contribution in [0.1, 0.15) is 59.9 Å². The van der Waals surface area contributed by atoms with Crippen molar-refractivity contribution in [2.45, 2.75) is 76.0 Å². The van der Waals surface area contributed by atoms with Gasteiger partial charge in [-0.25, -0.2) is 13.8 Å². The Balaban J connectivity index is 1.55. The molecule has 2 heterocycles. The van der Waals surface area contributed by atoms with E-state index in [1.54, 1.807) is 0 Å². The minimum absolute atomic E-state index is 0.0425. The van der Waals surface area contributed by atoms with Crippen LogP contribution in [0.15, 0.2) is 18.2 Å². The van der Waals surface area contributed by atoms with Crippen LogP contribution in [0.25, 0.3) is 11.2 Å². The molecule has 1 unspecified atom stereocenters. The van der Waals surface area contributed by atoms with Crippen LogP contribution in [-0.4, -0.2) is 68.9 Å². The summed E-state index contributed by atoms with van der Waals surface area (Å²) < 4.78 is 109. The molecular weight excluding hydrogens is 693 g/mol. The first-order valence-electron chi connectivity index (χ1n) is 14.0. The van der Waals surface area contributed by atoms with E-state index in [-0.39, 0.29) is 75.8 Å². The van der Waals surface area contributed by atoms with Gasteiger partial charge in [-0.3, -0.25) is 9.59 Å². The number of pyridine rings is 1. The summed E-state index contributed by atoms with van der Waals surface area (Å²) in [4.78, 5) is 36.4. The zero-order valence-electron chi connectivity index (χ0n) is 24.3. The molecule has 1 fully saturated rings. The normalized spacial score (nSPS) is 18.7. The minimum Gasteiger partial charge on any atom is -0.471 e. The van der Waals surface area contributed by atoms with Crippen LogP contribution in [0.5, 0.6) is 5.88 Å². The van der Waals surface area contributed by atoms with Gasteiger partial charge >= 0.3 is 12.4 Å². The largest absolute Gasteiger partial charge is 0.471 e. The third-order valence-electron chi connectivity index (χ3n) is 7.65. The van der Waals surface area contributed by atoms with Crippen molar-refractivity contribution < 1.29 is 54.6 Å². The van der Waals surface area contributed by atoms with Crippen LogP contribution in [-0.2, 0) is 17.8 Å². The quantitative estimate of drug-likeness (QED) is 0.183. The predicted octanol–water partition coefficient (Wildman–Crippen LogP) is 6.28. The third-order valence-corrected chi connectivity index (χ3v) is 8.47. The molecule has 47 heavy (non-hydrogen) atoms. The highest BCUT2D eigenvalue weighted by Crippen LogP contribution is 2.38. The molecule has 0 radical (unpaired) electrons. The summed E-state index contributed by atoms with van der Waals surface area (Å²) >= 11 is 12.8. The highest BCUT2D eigenvalue weighted by atomic mass is 35.5. The Kier molecular flexibility index (Phi) is 10.8. The maximum absolute atomic E-state index is 13.1. The number of rotatable bonds is 10. The Morgan fingerprint density at radius 2 is 1.74 bits per heavy atom. The topological polar surface area (TPSA) is 129 Å². The van der Waals surface area contributed by atoms with E-state index in [0.717, 1.165) is 0 Å². The molecule has 0 aliphatic heterocycles. The second kappa shape index (κ2) is 14.0. The number of aromatic amines is 1. The third kappa shape index (κ3) is 8.54. The lowest BCUT2D eigenvalue weighted by Crippen LogP contribution is -2.54. The zero-order chi connectivity index (χ0) is 34.9. The van der Waals surface area contributed by atoms with Gasteiger partial charge in [0.25, 0.3) is 18.2 Å². The number of nitrogens with zero attached hydrogens (tertiary/aromatic N) is 2. The lowest BCUT2D eigenvalue weighted by molar-refractivity contribution is -0.245. The monoisotopic (exact) mass is 719 g/mol. The van der Waals surface area contributed by atoms with E-state index in [1.165, 1.54) is 18.2 Å². The van der Waals surface area contributed by atoms with Crippen LogP contribution in [0.2, 0.25) is 10.0 Å². The summed E-state index contributed by atoms with van der Waals surface area (Å²) in [5.74, 6) is -4.32. The summed E-state index contributed by atoms with van der Waals surface area (Å²) in [6.07, 6.45) is -12.9. The van der Waals surface area contributed by atoms with Crippen LogP contribution in [0.3, 0.4) is 0 Å². The maximum Gasteiger partial charge on any atom is 0.426 e. The van der Waals surface area contributed by atoms with Crippen LogP contribution >= 0.6 is 23.2 Å². The highest BCUT2D eigenvalue weighted by molar-refractivity contribution is 6.36. The first kappa shape index (κ1) is 36.4. The summed E-state index contributed by atoms with van der Waals surface area (Å²) in [5.41, 5.74) is -3.46. The Morgan fingerprint density at radius 3 is 2.34 bits per heavy atom. The average Bonchev–Trinajstić information content (AvgIpc) is 3.37. The van der Waals surface area contributed by atoms with Crippen LogP contribution < -0.4 is 15.4 Å². The van der Waals surface area contributed by atoms with E-state index in [1.807, 2.05) is 5.32 Å². The molecule has 1 saturated carbocycles. The van der Waals surface area contributed by atoms with E-state index >= 15 is 0 Å². The number of H-pyrrole nitrogens is 1. The van der Waals surface area contributed by atoms with Crippen molar-refractivity contribution in [2.24, 2.45) is 5.92 Å². The number of ether oxygens (including phenoxy) is 1. The summed E-state index contributed by atoms with van der Waals surface area (Å²) in [6, 6.07) is 3.36. The molecule has 19 heteroatoms. The molecule has 0 bridgehead atoms. The van der Waals surface area contributed by atoms with Crippen molar-refractivity contribution >= 4 is 46.2 Å². The summed E-state index contributed by atoms with van der Waals surface area (Å²) in [6.45, 7) is -1.31. The number of aromatic nitrogens is 3. The molecule has 4 rings (SSSR count). The highest BCUT2D eigenvalue weighted by Gasteiger charge is 2.55. The number of hydrogen-bond acceptors (Lipinski definition) is 6. The van der Waals surface area contributed by atoms with E-state index in [0.29, 0.717) is 6.92 Å². The lowest BCUT2D eigenvalue weighted by Gasteiger charge is -2.30. The van der Waals surface area contributed by atoms with E-state index < -0.39 is 67.2 Å². The average molecular weight is 720 g/mol. The smallest absolute Gasteiger partial charge is 0.426 e. The zero-order valence-corrected chi connectivity index (χ0v) is 25.8. The lowest BCUT2D eigenvalue weighted by atomic mass is 9.85. The molecule has 9 nitrogen and oxygen atoms in total. The summed E-state index contributed by atoms with van der Waals surface area (Å²) in [7, 11) is 0. The van der Waals surface area contributed by atoms with Crippen LogP contribution in [0, 0.1) is 5.92 Å². The molecule has 1 atom stereocenters. The molecule has 4 N–H and O–H groups in total. The number of amides is 2.